The molecule has 0 aliphatic carbocycles. The second kappa shape index (κ2) is 10.8. The van der Waals surface area contributed by atoms with Crippen molar-refractivity contribution in [1.82, 2.24) is 9.55 Å². The lowest BCUT2D eigenvalue weighted by molar-refractivity contribution is -0.138. The molecule has 0 amide bonds. The number of allylic oxidation sites excluding steroid dienone is 1. The Bertz CT molecular complexity index is 1340. The van der Waals surface area contributed by atoms with Gasteiger partial charge >= 0.3 is 5.97 Å². The number of carbonyl (C=O) groups is 1. The fraction of sp³-hybridized carbons (Fsp3) is 0.231. The van der Waals surface area contributed by atoms with Crippen LogP contribution in [0.1, 0.15) is 36.8 Å². The Kier molecular flexibility index (Phi) is 7.59. The third-order valence-corrected chi connectivity index (χ3v) is 6.78. The van der Waals surface area contributed by atoms with Crippen LogP contribution >= 0.6 is 23.4 Å². The Morgan fingerprint density at radius 1 is 1.26 bits per heavy atom. The molecular formula is C26H24ClN5O2S. The van der Waals surface area contributed by atoms with E-state index in [4.69, 9.17) is 21.3 Å². The number of rotatable bonds is 6. The molecule has 35 heavy (non-hydrogen) atoms. The minimum Gasteiger partial charge on any atom is -0.463 e. The Labute approximate surface area is 213 Å². The second-order valence-corrected chi connectivity index (χ2v) is 9.20. The molecule has 9 heteroatoms. The molecule has 1 aliphatic heterocycles. The number of aryl methyl sites for hydroxylation is 1. The number of anilines is 1. The molecule has 0 saturated carbocycles. The van der Waals surface area contributed by atoms with Crippen LogP contribution in [0.15, 0.2) is 77.2 Å². The average molecular weight is 506 g/mol. The number of imidazole rings is 1. The molecule has 1 atom stereocenters. The predicted molar refractivity (Wildman–Crippen MR) is 139 cm³/mol. The first-order valence-electron chi connectivity index (χ1n) is 11.0. The summed E-state index contributed by atoms with van der Waals surface area (Å²) in [7, 11) is 1.95. The van der Waals surface area contributed by atoms with E-state index in [0.717, 1.165) is 17.1 Å². The summed E-state index contributed by atoms with van der Waals surface area (Å²) in [5.41, 5.74) is 3.28. The van der Waals surface area contributed by atoms with E-state index in [1.54, 1.807) is 31.3 Å². The van der Waals surface area contributed by atoms with E-state index < -0.39 is 12.0 Å². The van der Waals surface area contributed by atoms with Gasteiger partial charge in [0.15, 0.2) is 5.17 Å². The number of amidine groups is 1. The van der Waals surface area contributed by atoms with Crippen LogP contribution in [0.4, 0.5) is 5.69 Å². The fourth-order valence-corrected chi connectivity index (χ4v) is 5.10. The summed E-state index contributed by atoms with van der Waals surface area (Å²) in [6, 6.07) is 16.1. The average Bonchev–Trinajstić information content (AvgIpc) is 3.27. The summed E-state index contributed by atoms with van der Waals surface area (Å²) in [5.74, 6) is 1.06. The second-order valence-electron chi connectivity index (χ2n) is 7.83. The SMILES string of the molecule is CCOC(=O)C1=C(C)N(c2cccc(Cl)c2)C(SCc2nccn2C)=NC1c1ccc(C#N)cc1. The van der Waals surface area contributed by atoms with Crippen LogP contribution in [0.3, 0.4) is 0 Å². The van der Waals surface area contributed by atoms with Crippen LogP contribution in [0.25, 0.3) is 0 Å². The summed E-state index contributed by atoms with van der Waals surface area (Å²) in [4.78, 5) is 24.6. The van der Waals surface area contributed by atoms with Gasteiger partial charge in [-0.25, -0.2) is 14.8 Å². The molecule has 7 nitrogen and oxygen atoms in total. The van der Waals surface area contributed by atoms with Crippen molar-refractivity contribution < 1.29 is 9.53 Å². The zero-order chi connectivity index (χ0) is 24.9. The molecule has 2 aromatic carbocycles. The zero-order valence-corrected chi connectivity index (χ0v) is 21.2. The highest BCUT2D eigenvalue weighted by atomic mass is 35.5. The first-order valence-corrected chi connectivity index (χ1v) is 12.4. The minimum absolute atomic E-state index is 0.247. The van der Waals surface area contributed by atoms with Crippen molar-refractivity contribution in [2.24, 2.45) is 12.0 Å². The van der Waals surface area contributed by atoms with Crippen molar-refractivity contribution in [2.75, 3.05) is 11.5 Å². The van der Waals surface area contributed by atoms with E-state index in [1.165, 1.54) is 11.8 Å². The standard InChI is InChI=1S/C26H24ClN5O2S/c1-4-34-25(33)23-17(2)32(21-7-5-6-20(27)14-21)26(35-16-22-29-12-13-31(22)3)30-24(23)19-10-8-18(15-28)9-11-19/h5-14,24H,4,16H2,1-3H3. The summed E-state index contributed by atoms with van der Waals surface area (Å²) >= 11 is 7.85. The smallest absolute Gasteiger partial charge is 0.338 e. The van der Waals surface area contributed by atoms with Crippen LogP contribution < -0.4 is 4.90 Å². The number of halogens is 1. The Morgan fingerprint density at radius 3 is 2.66 bits per heavy atom. The van der Waals surface area contributed by atoms with Gasteiger partial charge < -0.3 is 9.30 Å². The summed E-state index contributed by atoms with van der Waals surface area (Å²) < 4.78 is 7.40. The number of aromatic nitrogens is 2. The van der Waals surface area contributed by atoms with Crippen LogP contribution in [0.2, 0.25) is 5.02 Å². The lowest BCUT2D eigenvalue weighted by Crippen LogP contribution is -2.35. The van der Waals surface area contributed by atoms with Gasteiger partial charge in [0.25, 0.3) is 0 Å². The number of hydrogen-bond acceptors (Lipinski definition) is 7. The number of hydrogen-bond donors (Lipinski definition) is 0. The van der Waals surface area contributed by atoms with Crippen molar-refractivity contribution in [3.8, 4) is 6.07 Å². The zero-order valence-electron chi connectivity index (χ0n) is 19.6. The van der Waals surface area contributed by atoms with Gasteiger partial charge in [-0.3, -0.25) is 4.90 Å². The van der Waals surface area contributed by atoms with E-state index in [0.29, 0.717) is 32.8 Å². The highest BCUT2D eigenvalue weighted by Gasteiger charge is 2.35. The number of thioether (sulfide) groups is 1. The van der Waals surface area contributed by atoms with E-state index >= 15 is 0 Å². The summed E-state index contributed by atoms with van der Waals surface area (Å²) in [6.07, 6.45) is 3.66. The van der Waals surface area contributed by atoms with Crippen molar-refractivity contribution >= 4 is 40.2 Å². The van der Waals surface area contributed by atoms with Gasteiger partial charge in [0.05, 0.1) is 29.6 Å². The third kappa shape index (κ3) is 5.26. The maximum absolute atomic E-state index is 13.2. The number of carbonyl (C=O) groups excluding carboxylic acids is 1. The van der Waals surface area contributed by atoms with Crippen LogP contribution in [0, 0.1) is 11.3 Å². The first-order chi connectivity index (χ1) is 16.9. The number of nitriles is 1. The Morgan fingerprint density at radius 2 is 2.03 bits per heavy atom. The predicted octanol–water partition coefficient (Wildman–Crippen LogP) is 5.63. The van der Waals surface area contributed by atoms with Crippen molar-refractivity contribution in [3.63, 3.8) is 0 Å². The molecule has 0 spiro atoms. The van der Waals surface area contributed by atoms with Crippen LogP contribution in [-0.4, -0.2) is 27.3 Å². The molecule has 4 rings (SSSR count). The molecule has 1 unspecified atom stereocenters. The number of aliphatic imine (C=N–C) groups is 1. The van der Waals surface area contributed by atoms with Gasteiger partial charge in [-0.15, -0.1) is 0 Å². The molecule has 1 aromatic heterocycles. The number of esters is 1. The number of nitrogens with zero attached hydrogens (tertiary/aromatic N) is 5. The van der Waals surface area contributed by atoms with Gasteiger partial charge in [-0.05, 0) is 49.7 Å². The maximum Gasteiger partial charge on any atom is 0.338 e. The highest BCUT2D eigenvalue weighted by Crippen LogP contribution is 2.40. The molecule has 178 valence electrons. The van der Waals surface area contributed by atoms with Crippen molar-refractivity contribution in [2.45, 2.75) is 25.6 Å². The normalized spacial score (nSPS) is 15.6. The molecular weight excluding hydrogens is 482 g/mol. The largest absolute Gasteiger partial charge is 0.463 e. The monoisotopic (exact) mass is 505 g/mol. The van der Waals surface area contributed by atoms with Crippen molar-refractivity contribution in [3.05, 3.63) is 94.2 Å². The highest BCUT2D eigenvalue weighted by molar-refractivity contribution is 8.13. The molecule has 0 bridgehead atoms. The van der Waals surface area contributed by atoms with Gasteiger partial charge in [0.2, 0.25) is 0 Å². The van der Waals surface area contributed by atoms with E-state index in [1.807, 2.05) is 60.0 Å². The molecule has 0 saturated heterocycles. The first kappa shape index (κ1) is 24.6. The van der Waals surface area contributed by atoms with E-state index in [9.17, 15) is 10.1 Å². The molecule has 3 aromatic rings. The lowest BCUT2D eigenvalue weighted by Gasteiger charge is -2.34. The van der Waals surface area contributed by atoms with Gasteiger partial charge in [-0.1, -0.05) is 41.6 Å². The third-order valence-electron chi connectivity index (χ3n) is 5.60. The molecule has 0 N–H and O–H groups in total. The topological polar surface area (TPSA) is 83.5 Å². The maximum atomic E-state index is 13.2. The van der Waals surface area contributed by atoms with Crippen molar-refractivity contribution in [1.29, 1.82) is 5.26 Å². The molecule has 2 heterocycles. The lowest BCUT2D eigenvalue weighted by atomic mass is 9.95. The van der Waals surface area contributed by atoms with Gasteiger partial charge in [0.1, 0.15) is 11.9 Å². The Hall–Kier alpha value is -3.54. The Balaban J connectivity index is 1.84. The summed E-state index contributed by atoms with van der Waals surface area (Å²) in [5, 5.41) is 10.5. The van der Waals surface area contributed by atoms with Crippen LogP contribution in [-0.2, 0) is 22.3 Å². The fourth-order valence-electron chi connectivity index (χ4n) is 3.83. The van der Waals surface area contributed by atoms with Gasteiger partial charge in [0, 0.05) is 35.8 Å². The van der Waals surface area contributed by atoms with Crippen LogP contribution in [0.5, 0.6) is 0 Å². The minimum atomic E-state index is -0.582. The molecule has 0 fully saturated rings. The van der Waals surface area contributed by atoms with E-state index in [-0.39, 0.29) is 6.61 Å². The summed E-state index contributed by atoms with van der Waals surface area (Å²) in [6.45, 7) is 3.91. The van der Waals surface area contributed by atoms with Gasteiger partial charge in [-0.2, -0.15) is 5.26 Å². The number of benzene rings is 2. The molecule has 0 radical (unpaired) electrons. The van der Waals surface area contributed by atoms with E-state index in [2.05, 4.69) is 11.1 Å². The quantitative estimate of drug-likeness (QED) is 0.403. The molecule has 1 aliphatic rings. The number of ether oxygens (including phenoxy) is 1.